The van der Waals surface area contributed by atoms with Crippen molar-refractivity contribution in [3.05, 3.63) is 47.4 Å². The lowest BCUT2D eigenvalue weighted by Crippen LogP contribution is -2.43. The normalized spacial score (nSPS) is 18.7. The summed E-state index contributed by atoms with van der Waals surface area (Å²) < 4.78 is 5.43. The molecule has 0 aromatic heterocycles. The Kier molecular flexibility index (Phi) is 9.15. The zero-order valence-corrected chi connectivity index (χ0v) is 17.8. The highest BCUT2D eigenvalue weighted by molar-refractivity contribution is 5.69. The summed E-state index contributed by atoms with van der Waals surface area (Å²) in [5.74, 6) is 1.07. The Labute approximate surface area is 174 Å². The van der Waals surface area contributed by atoms with Crippen molar-refractivity contribution in [3.63, 3.8) is 0 Å². The first kappa shape index (κ1) is 22.9. The van der Waals surface area contributed by atoms with Crippen molar-refractivity contribution in [2.75, 3.05) is 45.9 Å². The Hall–Kier alpha value is -2.38. The SMILES string of the molecule is CC.NC(N)=C(/C=C(\N)c1ccccc1O)N1CCC(CN2CCOCC2)CC1. The summed E-state index contributed by atoms with van der Waals surface area (Å²) in [6.45, 7) is 10.7. The van der Waals surface area contributed by atoms with Gasteiger partial charge in [-0.2, -0.15) is 0 Å². The standard InChI is InChI=1S/C20H31N5O2.C2H6/c21-17(16-3-1-2-4-19(16)26)13-18(20(22)23)25-7-5-15(6-8-25)14-24-9-11-27-12-10-24;1-2/h1-4,13,15,26H,5-12,14,21-23H2;1-2H3/b17-13-;. The molecular formula is C22H37N5O2. The van der Waals surface area contributed by atoms with Gasteiger partial charge in [-0.1, -0.05) is 26.0 Å². The number of piperidine rings is 1. The molecule has 162 valence electrons. The minimum atomic E-state index is 0.144. The molecule has 1 aromatic rings. The molecule has 2 aliphatic heterocycles. The number of allylic oxidation sites excluding steroid dienone is 1. The second-order valence-corrected chi connectivity index (χ2v) is 7.30. The van der Waals surface area contributed by atoms with E-state index in [2.05, 4.69) is 9.80 Å². The Morgan fingerprint density at radius 1 is 1.07 bits per heavy atom. The predicted octanol–water partition coefficient (Wildman–Crippen LogP) is 1.85. The highest BCUT2D eigenvalue weighted by Crippen LogP contribution is 2.26. The van der Waals surface area contributed by atoms with Gasteiger partial charge in [-0.25, -0.2) is 0 Å². The van der Waals surface area contributed by atoms with Gasteiger partial charge in [0.2, 0.25) is 0 Å². The third-order valence-electron chi connectivity index (χ3n) is 5.38. The van der Waals surface area contributed by atoms with Crippen LogP contribution in [-0.2, 0) is 4.74 Å². The number of ether oxygens (including phenoxy) is 1. The summed E-state index contributed by atoms with van der Waals surface area (Å²) >= 11 is 0. The summed E-state index contributed by atoms with van der Waals surface area (Å²) in [5.41, 5.74) is 19.9. The zero-order chi connectivity index (χ0) is 21.2. The molecule has 0 aliphatic carbocycles. The molecule has 0 unspecified atom stereocenters. The largest absolute Gasteiger partial charge is 0.507 e. The number of aromatic hydroxyl groups is 1. The molecule has 0 spiro atoms. The van der Waals surface area contributed by atoms with Gasteiger partial charge in [-0.05, 0) is 37.0 Å². The van der Waals surface area contributed by atoms with Crippen LogP contribution in [0, 0.1) is 5.92 Å². The van der Waals surface area contributed by atoms with Gasteiger partial charge in [0.25, 0.3) is 0 Å². The number of morpholine rings is 1. The molecule has 2 saturated heterocycles. The van der Waals surface area contributed by atoms with Crippen molar-refractivity contribution in [1.82, 2.24) is 9.80 Å². The van der Waals surface area contributed by atoms with E-state index in [-0.39, 0.29) is 11.6 Å². The van der Waals surface area contributed by atoms with Gasteiger partial charge in [0, 0.05) is 44.0 Å². The fourth-order valence-electron chi connectivity index (χ4n) is 3.81. The van der Waals surface area contributed by atoms with Gasteiger partial charge in [0.1, 0.15) is 11.6 Å². The number of para-hydroxylation sites is 1. The van der Waals surface area contributed by atoms with Crippen LogP contribution in [0.25, 0.3) is 5.70 Å². The van der Waals surface area contributed by atoms with Gasteiger partial charge in [-0.15, -0.1) is 0 Å². The molecule has 2 aliphatic rings. The third kappa shape index (κ3) is 6.58. The van der Waals surface area contributed by atoms with E-state index in [1.165, 1.54) is 0 Å². The summed E-state index contributed by atoms with van der Waals surface area (Å²) in [7, 11) is 0. The van der Waals surface area contributed by atoms with E-state index >= 15 is 0 Å². The summed E-state index contributed by atoms with van der Waals surface area (Å²) in [6, 6.07) is 6.99. The van der Waals surface area contributed by atoms with Crippen LogP contribution in [0.2, 0.25) is 0 Å². The first-order valence-electron chi connectivity index (χ1n) is 10.6. The molecule has 29 heavy (non-hydrogen) atoms. The molecule has 0 atom stereocenters. The minimum Gasteiger partial charge on any atom is -0.507 e. The number of likely N-dealkylation sites (tertiary alicyclic amines) is 1. The molecule has 7 N–H and O–H groups in total. The van der Waals surface area contributed by atoms with Crippen molar-refractivity contribution in [1.29, 1.82) is 0 Å². The van der Waals surface area contributed by atoms with E-state index < -0.39 is 0 Å². The van der Waals surface area contributed by atoms with E-state index in [0.29, 0.717) is 17.2 Å². The first-order chi connectivity index (χ1) is 14.0. The average Bonchev–Trinajstić information content (AvgIpc) is 2.75. The van der Waals surface area contributed by atoms with Crippen LogP contribution in [0.5, 0.6) is 5.75 Å². The van der Waals surface area contributed by atoms with Crippen LogP contribution in [0.4, 0.5) is 0 Å². The number of hydrogen-bond donors (Lipinski definition) is 4. The summed E-state index contributed by atoms with van der Waals surface area (Å²) in [5, 5.41) is 10.0. The maximum absolute atomic E-state index is 10.0. The van der Waals surface area contributed by atoms with Crippen LogP contribution in [0.3, 0.4) is 0 Å². The van der Waals surface area contributed by atoms with Gasteiger partial charge in [0.15, 0.2) is 0 Å². The average molecular weight is 404 g/mol. The number of phenols is 1. The Morgan fingerprint density at radius 2 is 1.69 bits per heavy atom. The minimum absolute atomic E-state index is 0.144. The molecule has 0 radical (unpaired) electrons. The van der Waals surface area contributed by atoms with Gasteiger partial charge in [-0.3, -0.25) is 4.90 Å². The number of phenolic OH excluding ortho intramolecular Hbond substituents is 1. The van der Waals surface area contributed by atoms with E-state index in [4.69, 9.17) is 21.9 Å². The molecule has 2 fully saturated rings. The molecule has 7 heteroatoms. The van der Waals surface area contributed by atoms with Crippen molar-refractivity contribution in [2.45, 2.75) is 26.7 Å². The smallest absolute Gasteiger partial charge is 0.124 e. The van der Waals surface area contributed by atoms with Crippen LogP contribution >= 0.6 is 0 Å². The van der Waals surface area contributed by atoms with Gasteiger partial charge >= 0.3 is 0 Å². The molecule has 2 heterocycles. The van der Waals surface area contributed by atoms with Crippen molar-refractivity contribution >= 4 is 5.70 Å². The fourth-order valence-corrected chi connectivity index (χ4v) is 3.81. The molecule has 1 aromatic carbocycles. The fraction of sp³-hybridized carbons (Fsp3) is 0.545. The maximum Gasteiger partial charge on any atom is 0.124 e. The predicted molar refractivity (Wildman–Crippen MR) is 119 cm³/mol. The molecular weight excluding hydrogens is 366 g/mol. The van der Waals surface area contributed by atoms with E-state index in [1.54, 1.807) is 24.3 Å². The Bertz CT molecular complexity index is 686. The van der Waals surface area contributed by atoms with Crippen LogP contribution in [0.15, 0.2) is 41.9 Å². The quantitative estimate of drug-likeness (QED) is 0.555. The van der Waals surface area contributed by atoms with Crippen LogP contribution < -0.4 is 17.2 Å². The Morgan fingerprint density at radius 3 is 2.28 bits per heavy atom. The lowest BCUT2D eigenvalue weighted by atomic mass is 9.95. The van der Waals surface area contributed by atoms with Gasteiger partial charge < -0.3 is 31.9 Å². The van der Waals surface area contributed by atoms with Crippen molar-refractivity contribution < 1.29 is 9.84 Å². The lowest BCUT2D eigenvalue weighted by molar-refractivity contribution is 0.0258. The van der Waals surface area contributed by atoms with Crippen LogP contribution in [-0.4, -0.2) is 60.8 Å². The second-order valence-electron chi connectivity index (χ2n) is 7.30. The zero-order valence-electron chi connectivity index (χ0n) is 17.8. The number of hydrogen-bond acceptors (Lipinski definition) is 7. The highest BCUT2D eigenvalue weighted by Gasteiger charge is 2.24. The topological polar surface area (TPSA) is 114 Å². The number of nitrogens with two attached hydrogens (primary N) is 3. The van der Waals surface area contributed by atoms with E-state index in [0.717, 1.165) is 64.5 Å². The lowest BCUT2D eigenvalue weighted by Gasteiger charge is -2.37. The maximum atomic E-state index is 10.0. The number of rotatable bonds is 5. The molecule has 0 saturated carbocycles. The monoisotopic (exact) mass is 403 g/mol. The summed E-state index contributed by atoms with van der Waals surface area (Å²) in [6.07, 6.45) is 3.96. The van der Waals surface area contributed by atoms with Crippen LogP contribution in [0.1, 0.15) is 32.3 Å². The summed E-state index contributed by atoms with van der Waals surface area (Å²) in [4.78, 5) is 4.69. The van der Waals surface area contributed by atoms with E-state index in [9.17, 15) is 5.11 Å². The van der Waals surface area contributed by atoms with Crippen molar-refractivity contribution in [2.24, 2.45) is 23.1 Å². The van der Waals surface area contributed by atoms with Crippen molar-refractivity contribution in [3.8, 4) is 5.75 Å². The van der Waals surface area contributed by atoms with Gasteiger partial charge in [0.05, 0.1) is 18.9 Å². The molecule has 7 nitrogen and oxygen atoms in total. The number of nitrogens with zero attached hydrogens (tertiary/aromatic N) is 2. The van der Waals surface area contributed by atoms with E-state index in [1.807, 2.05) is 19.9 Å². The highest BCUT2D eigenvalue weighted by atomic mass is 16.5. The molecule has 0 amide bonds. The Balaban J connectivity index is 0.00000145. The molecule has 3 rings (SSSR count). The first-order valence-corrected chi connectivity index (χ1v) is 10.6. The second kappa shape index (κ2) is 11.6. The number of benzene rings is 1. The molecule has 0 bridgehead atoms. The third-order valence-corrected chi connectivity index (χ3v) is 5.38.